The van der Waals surface area contributed by atoms with Crippen LogP contribution in [0.1, 0.15) is 20.7 Å². The minimum absolute atomic E-state index is 0.241. The minimum atomic E-state index is -0.541. The van der Waals surface area contributed by atoms with Gasteiger partial charge in [-0.3, -0.25) is 4.79 Å². The topological polar surface area (TPSA) is 56.3 Å². The fourth-order valence-electron chi connectivity index (χ4n) is 3.04. The monoisotopic (exact) mass is 493 g/mol. The number of nitrogens with zero attached hydrogens (tertiary/aromatic N) is 1. The molecule has 0 atom stereocenters. The molecule has 1 heterocycles. The highest BCUT2D eigenvalue weighted by molar-refractivity contribution is 14.1. The van der Waals surface area contributed by atoms with Crippen molar-refractivity contribution in [2.45, 2.75) is 0 Å². The summed E-state index contributed by atoms with van der Waals surface area (Å²) >= 11 is 2.19. The standard InChI is InChI=1S/C24H16INO3/c25-18-11-12-21-19(13-18)20(14-22(26-21)16-7-3-1-4-8-16)24(28)29-15-23(27)17-9-5-2-6-10-17/h1-14H,15H2. The van der Waals surface area contributed by atoms with E-state index in [-0.39, 0.29) is 12.4 Å². The number of esters is 1. The van der Waals surface area contributed by atoms with Crippen molar-refractivity contribution < 1.29 is 14.3 Å². The number of aromatic nitrogens is 1. The summed E-state index contributed by atoms with van der Waals surface area (Å²) in [4.78, 5) is 29.9. The Hall–Kier alpha value is -3.06. The molecule has 0 N–H and O–H groups in total. The SMILES string of the molecule is O=C(COC(=O)c1cc(-c2ccccc2)nc2ccc(I)cc12)c1ccccc1. The predicted octanol–water partition coefficient (Wildman–Crippen LogP) is 5.55. The number of hydrogen-bond acceptors (Lipinski definition) is 4. The Kier molecular flexibility index (Phi) is 5.67. The molecule has 0 saturated carbocycles. The summed E-state index contributed by atoms with van der Waals surface area (Å²) < 4.78 is 6.35. The number of carbonyl (C=O) groups is 2. The van der Waals surface area contributed by atoms with Crippen LogP contribution in [0, 0.1) is 3.57 Å². The van der Waals surface area contributed by atoms with Gasteiger partial charge in [0, 0.05) is 20.1 Å². The Morgan fingerprint density at radius 2 is 1.55 bits per heavy atom. The van der Waals surface area contributed by atoms with E-state index in [1.54, 1.807) is 30.3 Å². The molecule has 4 nitrogen and oxygen atoms in total. The Bertz CT molecular complexity index is 1190. The van der Waals surface area contributed by atoms with Crippen LogP contribution in [-0.4, -0.2) is 23.3 Å². The van der Waals surface area contributed by atoms with Gasteiger partial charge in [0.2, 0.25) is 0 Å². The maximum atomic E-state index is 12.9. The molecule has 29 heavy (non-hydrogen) atoms. The zero-order valence-electron chi connectivity index (χ0n) is 15.3. The van der Waals surface area contributed by atoms with Crippen molar-refractivity contribution in [2.24, 2.45) is 0 Å². The number of ketones is 1. The number of hydrogen-bond donors (Lipinski definition) is 0. The van der Waals surface area contributed by atoms with Crippen molar-refractivity contribution in [3.05, 3.63) is 99.6 Å². The summed E-state index contributed by atoms with van der Waals surface area (Å²) in [6.07, 6.45) is 0. The van der Waals surface area contributed by atoms with E-state index in [1.807, 2.05) is 54.6 Å². The third-order valence-corrected chi connectivity index (χ3v) is 5.16. The number of rotatable bonds is 5. The second-order valence-corrected chi connectivity index (χ2v) is 7.69. The molecule has 0 radical (unpaired) electrons. The van der Waals surface area contributed by atoms with E-state index in [9.17, 15) is 9.59 Å². The van der Waals surface area contributed by atoms with E-state index in [4.69, 9.17) is 9.72 Å². The van der Waals surface area contributed by atoms with Gasteiger partial charge in [0.1, 0.15) is 0 Å². The van der Waals surface area contributed by atoms with Gasteiger partial charge in [-0.2, -0.15) is 0 Å². The number of ether oxygens (including phenoxy) is 1. The average molecular weight is 493 g/mol. The van der Waals surface area contributed by atoms with Gasteiger partial charge < -0.3 is 4.74 Å². The van der Waals surface area contributed by atoms with Gasteiger partial charge in [-0.15, -0.1) is 0 Å². The number of Topliss-reactive ketones (excluding diaryl/α,β-unsaturated/α-hetero) is 1. The quantitative estimate of drug-likeness (QED) is 0.208. The molecular weight excluding hydrogens is 477 g/mol. The highest BCUT2D eigenvalue weighted by Gasteiger charge is 2.17. The summed E-state index contributed by atoms with van der Waals surface area (Å²) in [6.45, 7) is -0.308. The second-order valence-electron chi connectivity index (χ2n) is 6.45. The molecule has 4 aromatic rings. The maximum Gasteiger partial charge on any atom is 0.339 e. The Morgan fingerprint density at radius 1 is 0.862 bits per heavy atom. The van der Waals surface area contributed by atoms with E-state index in [1.165, 1.54) is 0 Å². The highest BCUT2D eigenvalue weighted by atomic mass is 127. The molecule has 0 aliphatic carbocycles. The lowest BCUT2D eigenvalue weighted by Crippen LogP contribution is -2.15. The fourth-order valence-corrected chi connectivity index (χ4v) is 3.53. The van der Waals surface area contributed by atoms with Crippen molar-refractivity contribution in [1.29, 1.82) is 0 Å². The molecule has 1 aromatic heterocycles. The summed E-state index contributed by atoms with van der Waals surface area (Å²) in [5.41, 5.74) is 3.20. The normalized spacial score (nSPS) is 10.7. The molecule has 0 saturated heterocycles. The molecular formula is C24H16INO3. The molecule has 0 amide bonds. The molecule has 3 aromatic carbocycles. The first-order valence-corrected chi connectivity index (χ1v) is 10.1. The van der Waals surface area contributed by atoms with Crippen molar-refractivity contribution in [1.82, 2.24) is 4.98 Å². The van der Waals surface area contributed by atoms with Crippen molar-refractivity contribution >= 4 is 45.2 Å². The Balaban J connectivity index is 1.68. The van der Waals surface area contributed by atoms with Gasteiger partial charge in [0.25, 0.3) is 0 Å². The lowest BCUT2D eigenvalue weighted by Gasteiger charge is -2.10. The Morgan fingerprint density at radius 3 is 2.28 bits per heavy atom. The first-order valence-electron chi connectivity index (χ1n) is 9.03. The van der Waals surface area contributed by atoms with Gasteiger partial charge in [-0.25, -0.2) is 9.78 Å². The first kappa shape index (κ1) is 19.3. The minimum Gasteiger partial charge on any atom is -0.454 e. The van der Waals surface area contributed by atoms with Crippen LogP contribution in [0.15, 0.2) is 84.9 Å². The summed E-state index contributed by atoms with van der Waals surface area (Å²) in [7, 11) is 0. The molecule has 0 unspecified atom stereocenters. The van der Waals surface area contributed by atoms with Gasteiger partial charge >= 0.3 is 5.97 Å². The van der Waals surface area contributed by atoms with E-state index >= 15 is 0 Å². The van der Waals surface area contributed by atoms with Crippen LogP contribution >= 0.6 is 22.6 Å². The third kappa shape index (κ3) is 4.35. The van der Waals surface area contributed by atoms with Crippen molar-refractivity contribution in [3.63, 3.8) is 0 Å². The van der Waals surface area contributed by atoms with Crippen LogP contribution in [-0.2, 0) is 4.74 Å². The molecule has 0 aliphatic rings. The van der Waals surface area contributed by atoms with Gasteiger partial charge in [-0.1, -0.05) is 60.7 Å². The van der Waals surface area contributed by atoms with E-state index in [2.05, 4.69) is 22.6 Å². The van der Waals surface area contributed by atoms with Crippen LogP contribution in [0.2, 0.25) is 0 Å². The number of benzene rings is 3. The van der Waals surface area contributed by atoms with Gasteiger partial charge in [0.05, 0.1) is 16.8 Å². The molecule has 0 fully saturated rings. The first-order chi connectivity index (χ1) is 14.1. The second kappa shape index (κ2) is 8.53. The van der Waals surface area contributed by atoms with Crippen LogP contribution in [0.3, 0.4) is 0 Å². The smallest absolute Gasteiger partial charge is 0.339 e. The number of halogens is 1. The van der Waals surface area contributed by atoms with Crippen LogP contribution in [0.5, 0.6) is 0 Å². The zero-order valence-corrected chi connectivity index (χ0v) is 17.5. The number of fused-ring (bicyclic) bond motifs is 1. The van der Waals surface area contributed by atoms with Crippen molar-refractivity contribution in [2.75, 3.05) is 6.61 Å². The van der Waals surface area contributed by atoms with E-state index in [0.29, 0.717) is 27.7 Å². The molecule has 0 aliphatic heterocycles. The van der Waals surface area contributed by atoms with Crippen LogP contribution < -0.4 is 0 Å². The number of pyridine rings is 1. The molecule has 5 heteroatoms. The van der Waals surface area contributed by atoms with Crippen molar-refractivity contribution in [3.8, 4) is 11.3 Å². The highest BCUT2D eigenvalue weighted by Crippen LogP contribution is 2.26. The average Bonchev–Trinajstić information content (AvgIpc) is 2.77. The van der Waals surface area contributed by atoms with Gasteiger partial charge in [-0.05, 0) is 46.9 Å². The maximum absolute atomic E-state index is 12.9. The summed E-state index contributed by atoms with van der Waals surface area (Å²) in [5, 5.41) is 0.703. The molecule has 0 bridgehead atoms. The van der Waals surface area contributed by atoms with Gasteiger partial charge in [0.15, 0.2) is 12.4 Å². The van der Waals surface area contributed by atoms with E-state index in [0.717, 1.165) is 9.13 Å². The van der Waals surface area contributed by atoms with Crippen LogP contribution in [0.4, 0.5) is 0 Å². The largest absolute Gasteiger partial charge is 0.454 e. The lowest BCUT2D eigenvalue weighted by molar-refractivity contribution is 0.0476. The third-order valence-electron chi connectivity index (χ3n) is 4.49. The Labute approximate surface area is 181 Å². The summed E-state index contributed by atoms with van der Waals surface area (Å²) in [5.74, 6) is -0.781. The summed E-state index contributed by atoms with van der Waals surface area (Å²) in [6, 6.07) is 25.9. The lowest BCUT2D eigenvalue weighted by atomic mass is 10.0. The zero-order chi connectivity index (χ0) is 20.2. The fraction of sp³-hybridized carbons (Fsp3) is 0.0417. The van der Waals surface area contributed by atoms with E-state index < -0.39 is 5.97 Å². The predicted molar refractivity (Wildman–Crippen MR) is 121 cm³/mol. The number of carbonyl (C=O) groups excluding carboxylic acids is 2. The van der Waals surface area contributed by atoms with Crippen LogP contribution in [0.25, 0.3) is 22.2 Å². The molecule has 4 rings (SSSR count). The molecule has 0 spiro atoms. The molecule has 142 valence electrons.